The van der Waals surface area contributed by atoms with Crippen molar-refractivity contribution in [1.82, 2.24) is 10.6 Å². The van der Waals surface area contributed by atoms with E-state index in [0.717, 1.165) is 5.76 Å². The fourth-order valence-electron chi connectivity index (χ4n) is 1.97. The average molecular weight is 486 g/mol. The Bertz CT molecular complexity index is 669. The highest BCUT2D eigenvalue weighted by atomic mass is 127. The zero-order valence-corrected chi connectivity index (χ0v) is 16.6. The van der Waals surface area contributed by atoms with E-state index < -0.39 is 6.61 Å². The molecule has 0 aliphatic carbocycles. The van der Waals surface area contributed by atoms with Gasteiger partial charge in [-0.05, 0) is 37.3 Å². The van der Waals surface area contributed by atoms with Crippen molar-refractivity contribution < 1.29 is 17.9 Å². The number of guanidine groups is 1. The Labute approximate surface area is 166 Å². The van der Waals surface area contributed by atoms with E-state index in [1.807, 2.05) is 13.0 Å². The van der Waals surface area contributed by atoms with E-state index in [1.165, 1.54) is 12.1 Å². The zero-order chi connectivity index (χ0) is 17.4. The summed E-state index contributed by atoms with van der Waals surface area (Å²) in [6.07, 6.45) is 1.58. The van der Waals surface area contributed by atoms with Gasteiger partial charge in [-0.2, -0.15) is 8.78 Å². The van der Waals surface area contributed by atoms with Gasteiger partial charge in [-0.1, -0.05) is 11.6 Å². The summed E-state index contributed by atoms with van der Waals surface area (Å²) in [5, 5.41) is 6.58. The molecule has 0 unspecified atom stereocenters. The summed E-state index contributed by atoms with van der Waals surface area (Å²) in [6, 6.07) is 8.08. The third-order valence-electron chi connectivity index (χ3n) is 3.00. The van der Waals surface area contributed by atoms with E-state index >= 15 is 0 Å². The fraction of sp³-hybridized carbons (Fsp3) is 0.312. The third-order valence-corrected chi connectivity index (χ3v) is 3.24. The average Bonchev–Trinajstić information content (AvgIpc) is 3.05. The Morgan fingerprint density at radius 3 is 2.76 bits per heavy atom. The SMILES string of the molecule is CCNC(=NCc1cc(Cl)ccc1OC(F)F)NCc1ccco1.I. The van der Waals surface area contributed by atoms with Gasteiger partial charge in [0.1, 0.15) is 11.5 Å². The van der Waals surface area contributed by atoms with Crippen LogP contribution in [0, 0.1) is 0 Å². The summed E-state index contributed by atoms with van der Waals surface area (Å²) in [7, 11) is 0. The Balaban J connectivity index is 0.00000312. The van der Waals surface area contributed by atoms with Gasteiger partial charge in [0.2, 0.25) is 0 Å². The molecule has 2 N–H and O–H groups in total. The lowest BCUT2D eigenvalue weighted by Gasteiger charge is -2.12. The number of alkyl halides is 2. The van der Waals surface area contributed by atoms with Crippen LogP contribution in [0.25, 0.3) is 0 Å². The molecule has 0 aliphatic heterocycles. The van der Waals surface area contributed by atoms with Crippen LogP contribution in [0.4, 0.5) is 8.78 Å². The van der Waals surface area contributed by atoms with Crippen LogP contribution >= 0.6 is 35.6 Å². The molecule has 2 aromatic rings. The molecule has 1 aromatic heterocycles. The highest BCUT2D eigenvalue weighted by Gasteiger charge is 2.10. The van der Waals surface area contributed by atoms with Gasteiger partial charge >= 0.3 is 6.61 Å². The minimum absolute atomic E-state index is 0. The fourth-order valence-corrected chi connectivity index (χ4v) is 2.17. The highest BCUT2D eigenvalue weighted by molar-refractivity contribution is 14.0. The predicted octanol–water partition coefficient (Wildman–Crippen LogP) is 4.41. The van der Waals surface area contributed by atoms with Gasteiger partial charge in [-0.15, -0.1) is 24.0 Å². The van der Waals surface area contributed by atoms with Gasteiger partial charge in [0.15, 0.2) is 5.96 Å². The molecule has 0 saturated heterocycles. The Kier molecular flexibility index (Phi) is 9.58. The molecule has 0 aliphatic rings. The van der Waals surface area contributed by atoms with Crippen molar-refractivity contribution in [2.75, 3.05) is 6.54 Å². The lowest BCUT2D eigenvalue weighted by Crippen LogP contribution is -2.36. The number of nitrogens with zero attached hydrogens (tertiary/aromatic N) is 1. The Morgan fingerprint density at radius 2 is 2.12 bits per heavy atom. The largest absolute Gasteiger partial charge is 0.467 e. The van der Waals surface area contributed by atoms with Crippen molar-refractivity contribution in [1.29, 1.82) is 0 Å². The maximum absolute atomic E-state index is 12.5. The van der Waals surface area contributed by atoms with Gasteiger partial charge < -0.3 is 19.8 Å². The van der Waals surface area contributed by atoms with Gasteiger partial charge in [-0.25, -0.2) is 4.99 Å². The topological polar surface area (TPSA) is 58.8 Å². The molecule has 1 aromatic carbocycles. The number of hydrogen-bond donors (Lipinski definition) is 2. The molecule has 0 fully saturated rings. The van der Waals surface area contributed by atoms with Crippen LogP contribution in [0.2, 0.25) is 5.02 Å². The molecule has 0 atom stereocenters. The zero-order valence-electron chi connectivity index (χ0n) is 13.5. The van der Waals surface area contributed by atoms with Crippen molar-refractivity contribution in [3.05, 3.63) is 52.9 Å². The normalized spacial score (nSPS) is 11.2. The summed E-state index contributed by atoms with van der Waals surface area (Å²) in [5.41, 5.74) is 0.470. The second-order valence-corrected chi connectivity index (χ2v) is 5.20. The molecular formula is C16H19ClF2IN3O2. The van der Waals surface area contributed by atoms with Crippen molar-refractivity contribution in [3.8, 4) is 5.75 Å². The van der Waals surface area contributed by atoms with Crippen LogP contribution in [0.5, 0.6) is 5.75 Å². The van der Waals surface area contributed by atoms with Crippen molar-refractivity contribution in [3.63, 3.8) is 0 Å². The highest BCUT2D eigenvalue weighted by Crippen LogP contribution is 2.25. The quantitative estimate of drug-likeness (QED) is 0.347. The first-order valence-electron chi connectivity index (χ1n) is 7.36. The second-order valence-electron chi connectivity index (χ2n) is 4.76. The van der Waals surface area contributed by atoms with Crippen molar-refractivity contribution >= 4 is 41.5 Å². The van der Waals surface area contributed by atoms with Crippen LogP contribution in [-0.4, -0.2) is 19.1 Å². The number of nitrogens with one attached hydrogen (secondary N) is 2. The van der Waals surface area contributed by atoms with E-state index in [9.17, 15) is 8.78 Å². The molecule has 2 rings (SSSR count). The van der Waals surface area contributed by atoms with Crippen LogP contribution in [0.3, 0.4) is 0 Å². The summed E-state index contributed by atoms with van der Waals surface area (Å²) in [6.45, 7) is 0.263. The van der Waals surface area contributed by atoms with Crippen LogP contribution in [0.1, 0.15) is 18.2 Å². The lowest BCUT2D eigenvalue weighted by atomic mass is 10.2. The number of benzene rings is 1. The van der Waals surface area contributed by atoms with Crippen LogP contribution in [0.15, 0.2) is 46.0 Å². The van der Waals surface area contributed by atoms with Crippen LogP contribution in [-0.2, 0) is 13.1 Å². The molecule has 0 radical (unpaired) electrons. The second kappa shape index (κ2) is 11.1. The maximum atomic E-state index is 12.5. The standard InChI is InChI=1S/C16H18ClF2N3O2.HI/c1-2-20-16(22-10-13-4-3-7-23-13)21-9-11-8-12(17)5-6-14(11)24-15(18)19;/h3-8,15H,2,9-10H2,1H3,(H2,20,21,22);1H. The van der Waals surface area contributed by atoms with Crippen molar-refractivity contribution in [2.24, 2.45) is 4.99 Å². The maximum Gasteiger partial charge on any atom is 0.387 e. The molecule has 1 heterocycles. The van der Waals surface area contributed by atoms with Gasteiger partial charge in [0.25, 0.3) is 0 Å². The Morgan fingerprint density at radius 1 is 1.32 bits per heavy atom. The Hall–Kier alpha value is -1.55. The third kappa shape index (κ3) is 7.47. The monoisotopic (exact) mass is 485 g/mol. The number of halogens is 4. The molecule has 0 bridgehead atoms. The number of hydrogen-bond acceptors (Lipinski definition) is 3. The van der Waals surface area contributed by atoms with Crippen molar-refractivity contribution in [2.45, 2.75) is 26.6 Å². The van der Waals surface area contributed by atoms with E-state index in [4.69, 9.17) is 16.0 Å². The molecule has 0 saturated carbocycles. The first-order valence-corrected chi connectivity index (χ1v) is 7.74. The summed E-state index contributed by atoms with van der Waals surface area (Å²) in [4.78, 5) is 4.36. The molecule has 0 spiro atoms. The number of rotatable bonds is 7. The molecular weight excluding hydrogens is 467 g/mol. The molecule has 25 heavy (non-hydrogen) atoms. The smallest absolute Gasteiger partial charge is 0.387 e. The van der Waals surface area contributed by atoms with E-state index in [0.29, 0.717) is 29.6 Å². The molecule has 0 amide bonds. The summed E-state index contributed by atoms with van der Waals surface area (Å²) in [5.74, 6) is 1.34. The lowest BCUT2D eigenvalue weighted by molar-refractivity contribution is -0.0504. The number of ether oxygens (including phenoxy) is 1. The number of furan rings is 1. The summed E-state index contributed by atoms with van der Waals surface area (Å²) < 4.78 is 34.7. The predicted molar refractivity (Wildman–Crippen MR) is 104 cm³/mol. The first-order chi connectivity index (χ1) is 11.6. The van der Waals surface area contributed by atoms with Crippen LogP contribution < -0.4 is 15.4 Å². The first kappa shape index (κ1) is 21.5. The van der Waals surface area contributed by atoms with E-state index in [-0.39, 0.29) is 36.3 Å². The molecule has 138 valence electrons. The van der Waals surface area contributed by atoms with Gasteiger partial charge in [-0.3, -0.25) is 0 Å². The number of aliphatic imine (C=N–C) groups is 1. The minimum atomic E-state index is -2.90. The van der Waals surface area contributed by atoms with E-state index in [1.54, 1.807) is 18.4 Å². The minimum Gasteiger partial charge on any atom is -0.467 e. The van der Waals surface area contributed by atoms with Gasteiger partial charge in [0, 0.05) is 17.1 Å². The van der Waals surface area contributed by atoms with Gasteiger partial charge in [0.05, 0.1) is 19.4 Å². The molecule has 5 nitrogen and oxygen atoms in total. The van der Waals surface area contributed by atoms with E-state index in [2.05, 4.69) is 20.4 Å². The molecule has 9 heteroatoms. The summed E-state index contributed by atoms with van der Waals surface area (Å²) >= 11 is 5.92.